The van der Waals surface area contributed by atoms with Gasteiger partial charge in [-0.2, -0.15) is 0 Å². The van der Waals surface area contributed by atoms with E-state index in [-0.39, 0.29) is 11.0 Å². The highest BCUT2D eigenvalue weighted by Gasteiger charge is 2.37. The molecule has 0 saturated heterocycles. The van der Waals surface area contributed by atoms with Crippen molar-refractivity contribution in [3.8, 4) is 0 Å². The molecule has 0 spiro atoms. The van der Waals surface area contributed by atoms with E-state index in [1.807, 2.05) is 36.4 Å². The minimum absolute atomic E-state index is 0.0631. The highest BCUT2D eigenvalue weighted by Crippen LogP contribution is 2.52. The van der Waals surface area contributed by atoms with Crippen LogP contribution in [0.2, 0.25) is 0 Å². The second-order valence-corrected chi connectivity index (χ2v) is 9.33. The van der Waals surface area contributed by atoms with Crippen molar-refractivity contribution in [2.24, 2.45) is 0 Å². The smallest absolute Gasteiger partial charge is 0.193 e. The summed E-state index contributed by atoms with van der Waals surface area (Å²) in [4.78, 5) is 14.7. The zero-order valence-corrected chi connectivity index (χ0v) is 18.2. The van der Waals surface area contributed by atoms with Crippen LogP contribution < -0.4 is 5.32 Å². The minimum atomic E-state index is -0.0631. The molecule has 1 aliphatic heterocycles. The van der Waals surface area contributed by atoms with Gasteiger partial charge in [0.1, 0.15) is 0 Å². The lowest BCUT2D eigenvalue weighted by atomic mass is 9.98. The lowest BCUT2D eigenvalue weighted by molar-refractivity contribution is 0.103. The molecule has 1 unspecified atom stereocenters. The van der Waals surface area contributed by atoms with Crippen molar-refractivity contribution in [1.82, 2.24) is 0 Å². The molecule has 2 nitrogen and oxygen atoms in total. The van der Waals surface area contributed by atoms with Gasteiger partial charge in [0.2, 0.25) is 0 Å². The Hall–Kier alpha value is -3.56. The van der Waals surface area contributed by atoms with Crippen LogP contribution in [0.3, 0.4) is 0 Å². The molecule has 0 saturated carbocycles. The van der Waals surface area contributed by atoms with Gasteiger partial charge in [-0.15, -0.1) is 11.8 Å². The summed E-state index contributed by atoms with van der Waals surface area (Å²) >= 11 is 1.75. The Morgan fingerprint density at radius 2 is 1.34 bits per heavy atom. The van der Waals surface area contributed by atoms with Crippen molar-refractivity contribution in [3.63, 3.8) is 0 Å². The molecule has 0 bridgehead atoms. The molecule has 0 radical (unpaired) electrons. The van der Waals surface area contributed by atoms with Gasteiger partial charge < -0.3 is 5.32 Å². The molecule has 0 fully saturated rings. The summed E-state index contributed by atoms with van der Waals surface area (Å²) in [6.45, 7) is 0. The number of Topliss-reactive ketones (excluding diaryl/α,β-unsaturated/α-hetero) is 1. The van der Waals surface area contributed by atoms with Gasteiger partial charge in [0.15, 0.2) is 5.78 Å². The van der Waals surface area contributed by atoms with E-state index in [1.165, 1.54) is 11.1 Å². The summed E-state index contributed by atoms with van der Waals surface area (Å²) in [5.74, 6) is 0.127. The Morgan fingerprint density at radius 1 is 0.688 bits per heavy atom. The standard InChI is InChI=1S/C29H21NOS/c31-28-23-11-5-4-10-22(23)27-26(28)29(32-25-13-7-6-12-24(25)30-27)21-16-14-20(15-17-21)18-19-8-2-1-3-9-19/h1-17,29-30H,18H2. The molecule has 0 amide bonds. The number of anilines is 1. The Morgan fingerprint density at radius 3 is 2.16 bits per heavy atom. The van der Waals surface area contributed by atoms with Crippen molar-refractivity contribution in [3.05, 3.63) is 137 Å². The highest BCUT2D eigenvalue weighted by molar-refractivity contribution is 8.00. The van der Waals surface area contributed by atoms with E-state index < -0.39 is 0 Å². The first-order chi connectivity index (χ1) is 15.8. The number of benzene rings is 4. The summed E-state index contributed by atoms with van der Waals surface area (Å²) in [5.41, 5.74) is 8.36. The van der Waals surface area contributed by atoms with Crippen molar-refractivity contribution < 1.29 is 4.79 Å². The molecule has 1 heterocycles. The number of thioether (sulfide) groups is 1. The number of ketones is 1. The first kappa shape index (κ1) is 19.1. The van der Waals surface area contributed by atoms with E-state index in [9.17, 15) is 4.79 Å². The number of carbonyl (C=O) groups is 1. The minimum Gasteiger partial charge on any atom is -0.354 e. The fraction of sp³-hybridized carbons (Fsp3) is 0.0690. The predicted molar refractivity (Wildman–Crippen MR) is 132 cm³/mol. The highest BCUT2D eigenvalue weighted by atomic mass is 32.2. The van der Waals surface area contributed by atoms with Gasteiger partial charge in [0.25, 0.3) is 0 Å². The second-order valence-electron chi connectivity index (χ2n) is 8.19. The van der Waals surface area contributed by atoms with Crippen LogP contribution >= 0.6 is 11.8 Å². The van der Waals surface area contributed by atoms with Crippen molar-refractivity contribution >= 4 is 28.9 Å². The average molecular weight is 432 g/mol. The molecule has 32 heavy (non-hydrogen) atoms. The maximum absolute atomic E-state index is 13.5. The first-order valence-corrected chi connectivity index (χ1v) is 11.7. The van der Waals surface area contributed by atoms with Gasteiger partial charge in [-0.25, -0.2) is 0 Å². The van der Waals surface area contributed by atoms with Gasteiger partial charge in [0.05, 0.1) is 16.6 Å². The van der Waals surface area contributed by atoms with E-state index >= 15 is 0 Å². The quantitative estimate of drug-likeness (QED) is 0.374. The van der Waals surface area contributed by atoms with Gasteiger partial charge in [0, 0.05) is 21.6 Å². The molecule has 6 rings (SSSR count). The Kier molecular flexibility index (Phi) is 4.70. The summed E-state index contributed by atoms with van der Waals surface area (Å²) in [6.07, 6.45) is 0.904. The number of hydrogen-bond acceptors (Lipinski definition) is 3. The molecule has 1 atom stereocenters. The summed E-state index contributed by atoms with van der Waals surface area (Å²) < 4.78 is 0. The third-order valence-electron chi connectivity index (χ3n) is 6.14. The Balaban J connectivity index is 1.42. The molecule has 3 heteroatoms. The van der Waals surface area contributed by atoms with E-state index in [1.54, 1.807) is 11.8 Å². The lowest BCUT2D eigenvalue weighted by Gasteiger charge is -2.18. The monoisotopic (exact) mass is 431 g/mol. The summed E-state index contributed by atoms with van der Waals surface area (Å²) in [5, 5.41) is 3.53. The van der Waals surface area contributed by atoms with Crippen LogP contribution in [0.5, 0.6) is 0 Å². The number of nitrogens with one attached hydrogen (secondary N) is 1. The number of carbonyl (C=O) groups excluding carboxylic acids is 1. The molecule has 1 N–H and O–H groups in total. The van der Waals surface area contributed by atoms with Crippen LogP contribution in [-0.2, 0) is 6.42 Å². The van der Waals surface area contributed by atoms with Gasteiger partial charge in [-0.3, -0.25) is 4.79 Å². The van der Waals surface area contributed by atoms with E-state index in [4.69, 9.17) is 0 Å². The fourth-order valence-electron chi connectivity index (χ4n) is 4.56. The van der Waals surface area contributed by atoms with Crippen LogP contribution in [-0.4, -0.2) is 5.78 Å². The van der Waals surface area contributed by atoms with Gasteiger partial charge in [-0.1, -0.05) is 91.0 Å². The fourth-order valence-corrected chi connectivity index (χ4v) is 5.85. The molecule has 2 aliphatic rings. The topological polar surface area (TPSA) is 29.1 Å². The van der Waals surface area contributed by atoms with Crippen LogP contribution in [0.1, 0.15) is 37.9 Å². The second kappa shape index (κ2) is 7.85. The number of rotatable bonds is 3. The molecule has 1 aliphatic carbocycles. The van der Waals surface area contributed by atoms with Crippen LogP contribution in [0.15, 0.2) is 114 Å². The van der Waals surface area contributed by atoms with Crippen molar-refractivity contribution in [1.29, 1.82) is 0 Å². The maximum atomic E-state index is 13.5. The summed E-state index contributed by atoms with van der Waals surface area (Å²) in [7, 11) is 0. The third-order valence-corrected chi connectivity index (χ3v) is 7.50. The summed E-state index contributed by atoms with van der Waals surface area (Å²) in [6, 6.07) is 35.5. The normalized spacial score (nSPS) is 16.6. The SMILES string of the molecule is O=C1C2=C(Nc3ccccc3SC2c2ccc(Cc3ccccc3)cc2)c2ccccc21. The van der Waals surface area contributed by atoms with Gasteiger partial charge in [-0.05, 0) is 35.2 Å². The zero-order valence-electron chi connectivity index (χ0n) is 17.4. The predicted octanol–water partition coefficient (Wildman–Crippen LogP) is 7.14. The Bertz CT molecular complexity index is 1360. The molecule has 0 aromatic heterocycles. The zero-order chi connectivity index (χ0) is 21.5. The lowest BCUT2D eigenvalue weighted by Crippen LogP contribution is -2.07. The maximum Gasteiger partial charge on any atom is 0.193 e. The molecule has 4 aromatic carbocycles. The van der Waals surface area contributed by atoms with Crippen molar-refractivity contribution in [2.45, 2.75) is 16.6 Å². The number of para-hydroxylation sites is 1. The molecular formula is C29H21NOS. The largest absolute Gasteiger partial charge is 0.354 e. The molecule has 154 valence electrons. The van der Waals surface area contributed by atoms with Crippen LogP contribution in [0, 0.1) is 0 Å². The van der Waals surface area contributed by atoms with Crippen LogP contribution in [0.4, 0.5) is 5.69 Å². The number of fused-ring (bicyclic) bond motifs is 3. The number of hydrogen-bond donors (Lipinski definition) is 1. The van der Waals surface area contributed by atoms with Crippen molar-refractivity contribution in [2.75, 3.05) is 5.32 Å². The third kappa shape index (κ3) is 3.26. The van der Waals surface area contributed by atoms with Gasteiger partial charge >= 0.3 is 0 Å². The van der Waals surface area contributed by atoms with E-state index in [0.717, 1.165) is 45.0 Å². The van der Waals surface area contributed by atoms with E-state index in [0.29, 0.717) is 0 Å². The van der Waals surface area contributed by atoms with Crippen LogP contribution in [0.25, 0.3) is 5.70 Å². The Labute approximate surface area is 192 Å². The van der Waals surface area contributed by atoms with E-state index in [2.05, 4.69) is 72.0 Å². The average Bonchev–Trinajstić information content (AvgIpc) is 3.00. The first-order valence-electron chi connectivity index (χ1n) is 10.8. The molecular weight excluding hydrogens is 410 g/mol. The molecule has 4 aromatic rings.